The molecule has 2 aromatic rings. The zero-order chi connectivity index (χ0) is 39.3. The van der Waals surface area contributed by atoms with Crippen LogP contribution in [0.4, 0.5) is 0 Å². The average molecular weight is 772 g/mol. The van der Waals surface area contributed by atoms with E-state index in [0.29, 0.717) is 0 Å². The highest BCUT2D eigenvalue weighted by atomic mass is 28.4. The second-order valence-corrected chi connectivity index (χ2v) is 20.3. The first-order valence-electron chi connectivity index (χ1n) is 18.1. The molecule has 5 rings (SSSR count). The summed E-state index contributed by atoms with van der Waals surface area (Å²) in [6.07, 6.45) is -9.96. The highest BCUT2D eigenvalue weighted by Crippen LogP contribution is 2.43. The van der Waals surface area contributed by atoms with Crippen molar-refractivity contribution in [3.63, 3.8) is 0 Å². The molecule has 0 bridgehead atoms. The van der Waals surface area contributed by atoms with E-state index in [1.54, 1.807) is 13.8 Å². The van der Waals surface area contributed by atoms with Gasteiger partial charge in [-0.15, -0.1) is 0 Å². The molecule has 15 nitrogen and oxygen atoms in total. The molecule has 0 amide bonds. The van der Waals surface area contributed by atoms with E-state index in [1.165, 1.54) is 14.0 Å². The number of fused-ring (bicyclic) bond motifs is 1. The summed E-state index contributed by atoms with van der Waals surface area (Å²) in [7, 11) is -1.37. The van der Waals surface area contributed by atoms with Crippen LogP contribution in [-0.2, 0) is 69.9 Å². The fraction of sp³-hybridized carbons (Fsp3) is 0.632. The van der Waals surface area contributed by atoms with Gasteiger partial charge in [-0.3, -0.25) is 4.79 Å². The van der Waals surface area contributed by atoms with Crippen LogP contribution in [0.5, 0.6) is 0 Å². The number of hydrogen-bond acceptors (Lipinski definition) is 13. The summed E-state index contributed by atoms with van der Waals surface area (Å²) in [4.78, 5) is 29.3. The van der Waals surface area contributed by atoms with Crippen molar-refractivity contribution in [1.29, 1.82) is 0 Å². The molecule has 0 spiro atoms. The maximum Gasteiger partial charge on any atom is 0.337 e. The molecule has 10 atom stereocenters. The van der Waals surface area contributed by atoms with Gasteiger partial charge in [-0.1, -0.05) is 86.5 Å². The number of benzene rings is 2. The summed E-state index contributed by atoms with van der Waals surface area (Å²) >= 11 is 0. The van der Waals surface area contributed by atoms with E-state index in [-0.39, 0.29) is 24.9 Å². The monoisotopic (exact) mass is 771 g/mol. The SMILES string of the molecule is COC(=O)[C@@H]1O[C@@H]2OC(C)(C)O[C@@H]2[C@@H](OCc2ccccc2)[C@@H]1O[C@H]1O[C@H](COCc2ccccc2)[C@@H](O[Si](C)(C)C(C)(C)C)[C@H](OC(C)=O)[C@H]1N=[N+]=[N-]. The van der Waals surface area contributed by atoms with Crippen LogP contribution in [0.15, 0.2) is 65.8 Å². The second kappa shape index (κ2) is 17.6. The lowest BCUT2D eigenvalue weighted by molar-refractivity contribution is -0.326. The van der Waals surface area contributed by atoms with Crippen molar-refractivity contribution in [3.05, 3.63) is 82.2 Å². The van der Waals surface area contributed by atoms with Crippen LogP contribution in [0, 0.1) is 0 Å². The van der Waals surface area contributed by atoms with E-state index in [1.807, 2.05) is 60.7 Å². The van der Waals surface area contributed by atoms with Gasteiger partial charge < -0.3 is 47.1 Å². The van der Waals surface area contributed by atoms with Crippen LogP contribution in [0.3, 0.4) is 0 Å². The third-order valence-electron chi connectivity index (χ3n) is 10.1. The zero-order valence-electron chi connectivity index (χ0n) is 32.4. The van der Waals surface area contributed by atoms with Crippen LogP contribution < -0.4 is 0 Å². The quantitative estimate of drug-likeness (QED) is 0.0727. The van der Waals surface area contributed by atoms with Crippen molar-refractivity contribution in [2.24, 2.45) is 5.11 Å². The molecular formula is C38H53N3O12Si. The fourth-order valence-electron chi connectivity index (χ4n) is 6.40. The molecule has 3 aliphatic heterocycles. The Bertz CT molecular complexity index is 1600. The standard InChI is InChI=1S/C38H53N3O12Si/c1-23(42)47-29-27(40-41-39)35(48-26(22-45-20-24-16-12-10-13-17-24)28(29)53-54(8,9)37(2,3)4)49-31-30(46-21-25-18-14-11-15-19-25)33-36(52-38(5,6)51-33)50-32(31)34(43)44-7/h10-19,26-33,35-36H,20-22H2,1-9H3/t26-,27-,28-,29-,30+,31+,32-,33-,35-,36-/m1/s1. The van der Waals surface area contributed by atoms with Crippen LogP contribution in [0.25, 0.3) is 10.4 Å². The lowest BCUT2D eigenvalue weighted by atomic mass is 9.95. The smallest absolute Gasteiger partial charge is 0.337 e. The lowest BCUT2D eigenvalue weighted by Gasteiger charge is -2.50. The van der Waals surface area contributed by atoms with Crippen LogP contribution in [0.1, 0.15) is 52.7 Å². The van der Waals surface area contributed by atoms with Gasteiger partial charge in [0, 0.05) is 11.8 Å². The largest absolute Gasteiger partial charge is 0.467 e. The molecule has 3 heterocycles. The predicted molar refractivity (Wildman–Crippen MR) is 196 cm³/mol. The highest BCUT2D eigenvalue weighted by molar-refractivity contribution is 6.74. The Morgan fingerprint density at radius 2 is 1.54 bits per heavy atom. The maximum absolute atomic E-state index is 13.4. The summed E-state index contributed by atoms with van der Waals surface area (Å²) in [5, 5.41) is 3.81. The third kappa shape index (κ3) is 10.1. The van der Waals surface area contributed by atoms with Crippen molar-refractivity contribution < 1.29 is 56.6 Å². The van der Waals surface area contributed by atoms with E-state index in [2.05, 4.69) is 43.9 Å². The van der Waals surface area contributed by atoms with E-state index in [4.69, 9.17) is 47.1 Å². The molecule has 54 heavy (non-hydrogen) atoms. The molecule has 0 saturated carbocycles. The molecular weight excluding hydrogens is 719 g/mol. The number of azide groups is 1. The number of ether oxygens (including phenoxy) is 9. The molecule has 0 unspecified atom stereocenters. The topological polar surface area (TPSA) is 175 Å². The minimum Gasteiger partial charge on any atom is -0.467 e. The Hall–Kier alpha value is -3.41. The highest BCUT2D eigenvalue weighted by Gasteiger charge is 2.60. The molecule has 0 radical (unpaired) electrons. The predicted octanol–water partition coefficient (Wildman–Crippen LogP) is 5.95. The van der Waals surface area contributed by atoms with E-state index < -0.39 is 87.4 Å². The Morgan fingerprint density at radius 3 is 2.11 bits per heavy atom. The molecule has 3 saturated heterocycles. The van der Waals surface area contributed by atoms with Crippen molar-refractivity contribution in [1.82, 2.24) is 0 Å². The minimum atomic E-state index is -2.59. The van der Waals surface area contributed by atoms with Gasteiger partial charge >= 0.3 is 11.9 Å². The Balaban J connectivity index is 1.54. The molecule has 2 aromatic carbocycles. The van der Waals surface area contributed by atoms with Gasteiger partial charge in [0.25, 0.3) is 0 Å². The van der Waals surface area contributed by atoms with E-state index >= 15 is 0 Å². The second-order valence-electron chi connectivity index (χ2n) is 15.6. The number of rotatable bonds is 14. The van der Waals surface area contributed by atoms with Crippen LogP contribution in [0.2, 0.25) is 18.1 Å². The molecule has 3 fully saturated rings. The van der Waals surface area contributed by atoms with Crippen LogP contribution in [-0.4, -0.2) is 101 Å². The van der Waals surface area contributed by atoms with Gasteiger partial charge in [-0.2, -0.15) is 0 Å². The number of nitrogens with zero attached hydrogens (tertiary/aromatic N) is 3. The minimum absolute atomic E-state index is 0.0137. The fourth-order valence-corrected chi connectivity index (χ4v) is 7.72. The molecule has 0 aliphatic carbocycles. The van der Waals surface area contributed by atoms with Gasteiger partial charge in [0.1, 0.15) is 42.7 Å². The van der Waals surface area contributed by atoms with Gasteiger partial charge in [0.15, 0.2) is 32.8 Å². The summed E-state index contributed by atoms with van der Waals surface area (Å²) in [6.45, 7) is 15.4. The van der Waals surface area contributed by atoms with Gasteiger partial charge in [0.2, 0.25) is 0 Å². The molecule has 3 aliphatic rings. The summed E-state index contributed by atoms with van der Waals surface area (Å²) in [5.41, 5.74) is 11.7. The average Bonchev–Trinajstić information content (AvgIpc) is 3.43. The molecule has 0 aromatic heterocycles. The number of carbonyl (C=O) groups excluding carboxylic acids is 2. The van der Waals surface area contributed by atoms with Gasteiger partial charge in [-0.05, 0) is 48.6 Å². The summed E-state index contributed by atoms with van der Waals surface area (Å²) in [5.74, 6) is -2.50. The Labute approximate surface area is 317 Å². The number of carbonyl (C=O) groups is 2. The molecule has 16 heteroatoms. The van der Waals surface area contributed by atoms with E-state index in [0.717, 1.165) is 11.1 Å². The lowest BCUT2D eigenvalue weighted by Crippen LogP contribution is -2.66. The third-order valence-corrected chi connectivity index (χ3v) is 14.5. The number of hydrogen-bond donors (Lipinski definition) is 0. The maximum atomic E-state index is 13.4. The Morgan fingerprint density at radius 1 is 0.907 bits per heavy atom. The summed E-state index contributed by atoms with van der Waals surface area (Å²) in [6, 6.07) is 17.8. The molecule has 296 valence electrons. The first-order valence-corrected chi connectivity index (χ1v) is 21.0. The van der Waals surface area contributed by atoms with Crippen LogP contribution >= 0.6 is 0 Å². The van der Waals surface area contributed by atoms with Gasteiger partial charge in [-0.25, -0.2) is 4.79 Å². The van der Waals surface area contributed by atoms with Crippen molar-refractivity contribution >= 4 is 20.3 Å². The first-order chi connectivity index (χ1) is 25.5. The summed E-state index contributed by atoms with van der Waals surface area (Å²) < 4.78 is 62.5. The zero-order valence-corrected chi connectivity index (χ0v) is 33.4. The van der Waals surface area contributed by atoms with E-state index in [9.17, 15) is 15.1 Å². The van der Waals surface area contributed by atoms with Gasteiger partial charge in [0.05, 0.1) is 26.9 Å². The van der Waals surface area contributed by atoms with Crippen molar-refractivity contribution in [3.8, 4) is 0 Å². The Kier molecular flexibility index (Phi) is 13.6. The van der Waals surface area contributed by atoms with Crippen molar-refractivity contribution in [2.75, 3.05) is 13.7 Å². The van der Waals surface area contributed by atoms with Crippen molar-refractivity contribution in [2.45, 2.75) is 140 Å². The number of methoxy groups -OCH3 is 1. The first kappa shape index (κ1) is 41.7. The number of esters is 2. The normalized spacial score (nSPS) is 30.8. The molecule has 0 N–H and O–H groups in total.